The Morgan fingerprint density at radius 3 is 2.35 bits per heavy atom. The zero-order chi connectivity index (χ0) is 35.0. The molecule has 0 bridgehead atoms. The number of benzene rings is 3. The molecule has 3 amide bonds. The molecule has 1 aliphatic heterocycles. The summed E-state index contributed by atoms with van der Waals surface area (Å²) in [6.07, 6.45) is 7.64. The van der Waals surface area contributed by atoms with Gasteiger partial charge in [-0.2, -0.15) is 0 Å². The van der Waals surface area contributed by atoms with E-state index in [-0.39, 0.29) is 18.1 Å². The molecule has 3 atom stereocenters. The smallest absolute Gasteiger partial charge is 0.408 e. The molecule has 3 aromatic carbocycles. The van der Waals surface area contributed by atoms with Crippen LogP contribution in [0, 0.1) is 5.92 Å². The van der Waals surface area contributed by atoms with E-state index in [1.807, 2.05) is 53.4 Å². The molecule has 2 aliphatic rings. The molecule has 3 N–H and O–H groups in total. The number of phenols is 1. The molecule has 49 heavy (non-hydrogen) atoms. The first-order chi connectivity index (χ1) is 23.5. The van der Waals surface area contributed by atoms with Crippen LogP contribution in [0.4, 0.5) is 10.5 Å². The maximum absolute atomic E-state index is 14.8. The van der Waals surface area contributed by atoms with E-state index in [0.717, 1.165) is 34.6 Å². The summed E-state index contributed by atoms with van der Waals surface area (Å²) in [4.78, 5) is 44.9. The van der Waals surface area contributed by atoms with E-state index >= 15 is 0 Å². The fourth-order valence-corrected chi connectivity index (χ4v) is 7.96. The molecule has 1 heterocycles. The number of thioether (sulfide) groups is 1. The molecule has 10 heteroatoms. The van der Waals surface area contributed by atoms with Crippen molar-refractivity contribution < 1.29 is 29.0 Å². The van der Waals surface area contributed by atoms with Crippen LogP contribution in [0.1, 0.15) is 82.1 Å². The van der Waals surface area contributed by atoms with Crippen molar-refractivity contribution in [1.29, 1.82) is 0 Å². The first-order valence-corrected chi connectivity index (χ1v) is 18.2. The lowest BCUT2D eigenvalue weighted by atomic mass is 9.86. The molecule has 1 saturated carbocycles. The summed E-state index contributed by atoms with van der Waals surface area (Å²) in [5, 5.41) is 15.2. The van der Waals surface area contributed by atoms with Crippen LogP contribution in [-0.4, -0.2) is 54.4 Å². The van der Waals surface area contributed by atoms with Crippen LogP contribution in [0.15, 0.2) is 77.7 Å². The molecular weight excluding hydrogens is 639 g/mol. The van der Waals surface area contributed by atoms with Crippen LogP contribution < -0.4 is 20.3 Å². The van der Waals surface area contributed by atoms with Crippen LogP contribution in [0.3, 0.4) is 0 Å². The van der Waals surface area contributed by atoms with Crippen molar-refractivity contribution in [2.75, 3.05) is 18.6 Å². The van der Waals surface area contributed by atoms with E-state index in [9.17, 15) is 19.5 Å². The van der Waals surface area contributed by atoms with Gasteiger partial charge in [0.1, 0.15) is 29.2 Å². The highest BCUT2D eigenvalue weighted by Gasteiger charge is 2.40. The molecule has 0 aromatic heterocycles. The fraction of sp³-hybridized carbons (Fsp3) is 0.462. The molecule has 3 aromatic rings. The standard InChI is InChI=1S/C39H49N3O6S/c1-39(2,3)48-38(46)40-31(25-27-16-20-29(43)21-17-27)36(44)41-34-35(28-18-22-30(47-4)23-19-28)49-33-15-9-8-14-32(33)42(37(34)45)24-10-13-26-11-6-5-7-12-26/h8-9,14-23,26,31,34-35,43H,5-7,10-13,24-25H2,1-4H3,(H,40,46)(H,41,44)/t31-,34?,35?/m0/s1. The minimum Gasteiger partial charge on any atom is -0.508 e. The third-order valence-corrected chi connectivity index (χ3v) is 10.5. The lowest BCUT2D eigenvalue weighted by Gasteiger charge is -2.31. The highest BCUT2D eigenvalue weighted by atomic mass is 32.2. The number of carbonyl (C=O) groups is 3. The Hall–Kier alpha value is -4.18. The number of fused-ring (bicyclic) bond motifs is 1. The van der Waals surface area contributed by atoms with Crippen molar-refractivity contribution in [2.45, 2.75) is 100.0 Å². The maximum Gasteiger partial charge on any atom is 0.408 e. The van der Waals surface area contributed by atoms with Crippen LogP contribution >= 0.6 is 11.8 Å². The average Bonchev–Trinajstić information content (AvgIpc) is 3.19. The van der Waals surface area contributed by atoms with E-state index in [2.05, 4.69) is 10.6 Å². The lowest BCUT2D eigenvalue weighted by Crippen LogP contribution is -2.56. The summed E-state index contributed by atoms with van der Waals surface area (Å²) in [6.45, 7) is 5.80. The van der Waals surface area contributed by atoms with Gasteiger partial charge in [-0.25, -0.2) is 4.79 Å². The van der Waals surface area contributed by atoms with Gasteiger partial charge in [0.25, 0.3) is 5.91 Å². The second kappa shape index (κ2) is 16.5. The Kier molecular flexibility index (Phi) is 12.1. The van der Waals surface area contributed by atoms with E-state index in [1.165, 1.54) is 44.2 Å². The van der Waals surface area contributed by atoms with Gasteiger partial charge in [0, 0.05) is 17.9 Å². The SMILES string of the molecule is COc1ccc(C2Sc3ccccc3N(CCCC3CCCCC3)C(=O)C2NC(=O)[C@H](Cc2ccc(O)cc2)NC(=O)OC(C)(C)C)cc1. The number of methoxy groups -OCH3 is 1. The summed E-state index contributed by atoms with van der Waals surface area (Å²) in [5.41, 5.74) is 1.64. The minimum absolute atomic E-state index is 0.0939. The lowest BCUT2D eigenvalue weighted by molar-refractivity contribution is -0.128. The predicted octanol–water partition coefficient (Wildman–Crippen LogP) is 7.56. The molecule has 9 nitrogen and oxygen atoms in total. The third-order valence-electron chi connectivity index (χ3n) is 9.09. The second-order valence-corrected chi connectivity index (χ2v) is 15.2. The van der Waals surface area contributed by atoms with Crippen molar-refractivity contribution >= 4 is 35.4 Å². The number of anilines is 1. The van der Waals surface area contributed by atoms with Gasteiger partial charge in [-0.05, 0) is 87.1 Å². The number of ether oxygens (including phenoxy) is 2. The average molecular weight is 688 g/mol. The summed E-state index contributed by atoms with van der Waals surface area (Å²) in [6, 6.07) is 20.0. The summed E-state index contributed by atoms with van der Waals surface area (Å²) < 4.78 is 10.9. The molecule has 1 fully saturated rings. The van der Waals surface area contributed by atoms with Gasteiger partial charge in [0.15, 0.2) is 0 Å². The van der Waals surface area contributed by atoms with Crippen molar-refractivity contribution in [3.63, 3.8) is 0 Å². The van der Waals surface area contributed by atoms with Gasteiger partial charge in [-0.1, -0.05) is 68.5 Å². The molecule has 5 rings (SSSR count). The molecule has 2 unspecified atom stereocenters. The number of amides is 3. The Bertz CT molecular complexity index is 1570. The summed E-state index contributed by atoms with van der Waals surface area (Å²) in [5.74, 6) is 0.758. The number of aromatic hydroxyl groups is 1. The molecular formula is C39H49N3O6S. The number of rotatable bonds is 11. The Labute approximate surface area is 294 Å². The number of hydrogen-bond acceptors (Lipinski definition) is 7. The summed E-state index contributed by atoms with van der Waals surface area (Å²) >= 11 is 1.54. The van der Waals surface area contributed by atoms with E-state index in [4.69, 9.17) is 9.47 Å². The van der Waals surface area contributed by atoms with Gasteiger partial charge < -0.3 is 30.1 Å². The Morgan fingerprint density at radius 1 is 0.980 bits per heavy atom. The number of nitrogens with one attached hydrogen (secondary N) is 2. The maximum atomic E-state index is 14.8. The number of para-hydroxylation sites is 1. The van der Waals surface area contributed by atoms with E-state index in [1.54, 1.807) is 51.8 Å². The summed E-state index contributed by atoms with van der Waals surface area (Å²) in [7, 11) is 1.61. The van der Waals surface area contributed by atoms with Crippen molar-refractivity contribution in [3.05, 3.63) is 83.9 Å². The minimum atomic E-state index is -1.06. The molecule has 1 aliphatic carbocycles. The van der Waals surface area contributed by atoms with Gasteiger partial charge in [-0.3, -0.25) is 9.59 Å². The second-order valence-electron chi connectivity index (χ2n) is 14.0. The van der Waals surface area contributed by atoms with Gasteiger partial charge >= 0.3 is 6.09 Å². The highest BCUT2D eigenvalue weighted by Crippen LogP contribution is 2.46. The quantitative estimate of drug-likeness (QED) is 0.191. The zero-order valence-electron chi connectivity index (χ0n) is 28.9. The predicted molar refractivity (Wildman–Crippen MR) is 193 cm³/mol. The Balaban J connectivity index is 1.47. The topological polar surface area (TPSA) is 117 Å². The number of nitrogens with zero attached hydrogens (tertiary/aromatic N) is 1. The zero-order valence-corrected chi connectivity index (χ0v) is 29.8. The monoisotopic (exact) mass is 687 g/mol. The van der Waals surface area contributed by atoms with E-state index < -0.39 is 34.9 Å². The van der Waals surface area contributed by atoms with Gasteiger partial charge in [0.05, 0.1) is 18.0 Å². The van der Waals surface area contributed by atoms with E-state index in [0.29, 0.717) is 18.2 Å². The van der Waals surface area contributed by atoms with Gasteiger partial charge in [-0.15, -0.1) is 11.8 Å². The van der Waals surface area contributed by atoms with Crippen LogP contribution in [0.5, 0.6) is 11.5 Å². The van der Waals surface area contributed by atoms with Crippen LogP contribution in [0.25, 0.3) is 0 Å². The van der Waals surface area contributed by atoms with Crippen molar-refractivity contribution in [3.8, 4) is 11.5 Å². The molecule has 0 spiro atoms. The number of carbonyl (C=O) groups excluding carboxylic acids is 3. The normalized spacial score (nSPS) is 18.9. The van der Waals surface area contributed by atoms with Crippen LogP contribution in [-0.2, 0) is 20.7 Å². The molecule has 0 saturated heterocycles. The third kappa shape index (κ3) is 9.94. The number of phenolic OH excluding ortho intramolecular Hbond substituents is 1. The highest BCUT2D eigenvalue weighted by molar-refractivity contribution is 7.99. The molecule has 262 valence electrons. The van der Waals surface area contributed by atoms with Crippen molar-refractivity contribution in [2.24, 2.45) is 5.92 Å². The van der Waals surface area contributed by atoms with Crippen LogP contribution in [0.2, 0.25) is 0 Å². The first-order valence-electron chi connectivity index (χ1n) is 17.3. The van der Waals surface area contributed by atoms with Gasteiger partial charge in [0.2, 0.25) is 5.91 Å². The number of hydrogen-bond donors (Lipinski definition) is 3. The largest absolute Gasteiger partial charge is 0.508 e. The van der Waals surface area contributed by atoms with Crippen molar-refractivity contribution in [1.82, 2.24) is 10.6 Å². The first kappa shape index (κ1) is 36.1. The molecule has 0 radical (unpaired) electrons. The Morgan fingerprint density at radius 2 is 1.67 bits per heavy atom. The number of alkyl carbamates (subject to hydrolysis) is 1. The fourth-order valence-electron chi connectivity index (χ4n) is 6.62.